The molecule has 0 unspecified atom stereocenters. The number of benzene rings is 2. The van der Waals surface area contributed by atoms with E-state index in [1.54, 1.807) is 12.1 Å². The molecule has 20 heavy (non-hydrogen) atoms. The second-order valence-corrected chi connectivity index (χ2v) is 7.18. The van der Waals surface area contributed by atoms with Crippen LogP contribution in [0.15, 0.2) is 47.4 Å². The van der Waals surface area contributed by atoms with E-state index in [-0.39, 0.29) is 0 Å². The molecule has 3 nitrogen and oxygen atoms in total. The van der Waals surface area contributed by atoms with Crippen LogP contribution < -0.4 is 5.32 Å². The molecule has 0 aromatic heterocycles. The summed E-state index contributed by atoms with van der Waals surface area (Å²) in [6, 6.07) is 13.5. The van der Waals surface area contributed by atoms with Gasteiger partial charge in [-0.2, -0.15) is 0 Å². The maximum atomic E-state index is 11.5. The third-order valence-electron chi connectivity index (χ3n) is 3.73. The zero-order chi connectivity index (χ0) is 14.2. The fraction of sp³-hybridized carbons (Fsp3) is 0.250. The van der Waals surface area contributed by atoms with Crippen molar-refractivity contribution < 1.29 is 8.42 Å². The monoisotopic (exact) mass is 287 g/mol. The van der Waals surface area contributed by atoms with Gasteiger partial charge in [0.15, 0.2) is 9.84 Å². The molecule has 4 heteroatoms. The normalized spacial score (nSPS) is 14.8. The lowest BCUT2D eigenvalue weighted by atomic mass is 9.91. The summed E-state index contributed by atoms with van der Waals surface area (Å²) < 4.78 is 23.0. The minimum absolute atomic E-state index is 0.368. The molecule has 0 fully saturated rings. The summed E-state index contributed by atoms with van der Waals surface area (Å²) in [4.78, 5) is 0.368. The summed E-state index contributed by atoms with van der Waals surface area (Å²) in [6.45, 7) is 1.90. The molecule has 1 heterocycles. The fourth-order valence-corrected chi connectivity index (χ4v) is 3.31. The van der Waals surface area contributed by atoms with Gasteiger partial charge in [0.2, 0.25) is 0 Å². The molecule has 0 saturated heterocycles. The molecule has 0 atom stereocenters. The number of nitrogens with one attached hydrogen (secondary N) is 1. The van der Waals surface area contributed by atoms with Crippen molar-refractivity contribution >= 4 is 9.84 Å². The van der Waals surface area contributed by atoms with Crippen LogP contribution in [0.1, 0.15) is 11.1 Å². The molecule has 0 amide bonds. The molecule has 0 bridgehead atoms. The minimum Gasteiger partial charge on any atom is -0.312 e. The van der Waals surface area contributed by atoms with E-state index in [1.165, 1.54) is 22.9 Å². The molecule has 1 aliphatic heterocycles. The van der Waals surface area contributed by atoms with Crippen molar-refractivity contribution in [3.63, 3.8) is 0 Å². The Hall–Kier alpha value is -1.65. The summed E-state index contributed by atoms with van der Waals surface area (Å²) in [7, 11) is -3.13. The van der Waals surface area contributed by atoms with Gasteiger partial charge >= 0.3 is 0 Å². The zero-order valence-corrected chi connectivity index (χ0v) is 12.2. The predicted octanol–water partition coefficient (Wildman–Crippen LogP) is 2.40. The van der Waals surface area contributed by atoms with Gasteiger partial charge < -0.3 is 5.32 Å². The summed E-state index contributed by atoms with van der Waals surface area (Å²) in [5.74, 6) is 0. The van der Waals surface area contributed by atoms with Gasteiger partial charge in [0.05, 0.1) is 4.90 Å². The van der Waals surface area contributed by atoms with Gasteiger partial charge in [-0.15, -0.1) is 0 Å². The molecular weight excluding hydrogens is 270 g/mol. The smallest absolute Gasteiger partial charge is 0.175 e. The highest BCUT2D eigenvalue weighted by Gasteiger charge is 2.14. The second-order valence-electron chi connectivity index (χ2n) is 5.17. The summed E-state index contributed by atoms with van der Waals surface area (Å²) in [6.07, 6.45) is 2.25. The van der Waals surface area contributed by atoms with E-state index in [1.807, 2.05) is 12.1 Å². The Morgan fingerprint density at radius 2 is 1.80 bits per heavy atom. The summed E-state index contributed by atoms with van der Waals surface area (Å²) >= 11 is 0. The van der Waals surface area contributed by atoms with Crippen LogP contribution in [-0.4, -0.2) is 21.2 Å². The molecule has 1 aliphatic rings. The molecule has 0 aliphatic carbocycles. The molecule has 0 saturated carbocycles. The van der Waals surface area contributed by atoms with Gasteiger partial charge in [0.25, 0.3) is 0 Å². The van der Waals surface area contributed by atoms with Gasteiger partial charge in [-0.05, 0) is 47.4 Å². The Balaban J connectivity index is 2.06. The predicted molar refractivity (Wildman–Crippen MR) is 80.4 cm³/mol. The van der Waals surface area contributed by atoms with Crippen molar-refractivity contribution in [3.8, 4) is 11.1 Å². The number of rotatable bonds is 2. The van der Waals surface area contributed by atoms with Gasteiger partial charge in [-0.1, -0.05) is 30.3 Å². The molecular formula is C16H17NO2S. The Bertz CT molecular complexity index is 734. The first-order chi connectivity index (χ1) is 9.55. The highest BCUT2D eigenvalue weighted by Crippen LogP contribution is 2.29. The highest BCUT2D eigenvalue weighted by molar-refractivity contribution is 7.90. The van der Waals surface area contributed by atoms with Gasteiger partial charge in [-0.3, -0.25) is 0 Å². The average Bonchev–Trinajstić information content (AvgIpc) is 2.46. The number of sulfone groups is 1. The lowest BCUT2D eigenvalue weighted by molar-refractivity contribution is 0.602. The molecule has 2 aromatic carbocycles. The van der Waals surface area contributed by atoms with Crippen molar-refractivity contribution in [2.24, 2.45) is 0 Å². The first kappa shape index (κ1) is 13.3. The molecule has 104 valence electrons. The van der Waals surface area contributed by atoms with Crippen LogP contribution in [0.2, 0.25) is 0 Å². The number of fused-ring (bicyclic) bond motifs is 1. The highest BCUT2D eigenvalue weighted by atomic mass is 32.2. The third-order valence-corrected chi connectivity index (χ3v) is 4.86. The lowest BCUT2D eigenvalue weighted by Gasteiger charge is -2.20. The summed E-state index contributed by atoms with van der Waals surface area (Å²) in [5.41, 5.74) is 5.00. The maximum absolute atomic E-state index is 11.5. The first-order valence-electron chi connectivity index (χ1n) is 6.68. The Kier molecular flexibility index (Phi) is 3.36. The van der Waals surface area contributed by atoms with E-state index < -0.39 is 9.84 Å². The van der Waals surface area contributed by atoms with Crippen LogP contribution in [0.3, 0.4) is 0 Å². The topological polar surface area (TPSA) is 46.2 Å². The molecule has 1 N–H and O–H groups in total. The standard InChI is InChI=1S/C16H17NO2S/c1-20(18,19)14-7-5-12(6-8-14)15-4-2-3-13-11-17-10-9-16(13)15/h2-8,17H,9-11H2,1H3. The minimum atomic E-state index is -3.13. The number of hydrogen-bond donors (Lipinski definition) is 1. The third kappa shape index (κ3) is 2.49. The van der Waals surface area contributed by atoms with Gasteiger partial charge in [0, 0.05) is 12.8 Å². The quantitative estimate of drug-likeness (QED) is 0.922. The van der Waals surface area contributed by atoms with Crippen molar-refractivity contribution in [2.75, 3.05) is 12.8 Å². The maximum Gasteiger partial charge on any atom is 0.175 e. The Labute approximate surface area is 119 Å². The molecule has 0 radical (unpaired) electrons. The van der Waals surface area contributed by atoms with Crippen LogP contribution >= 0.6 is 0 Å². The van der Waals surface area contributed by atoms with E-state index in [0.29, 0.717) is 4.90 Å². The molecule has 2 aromatic rings. The fourth-order valence-electron chi connectivity index (χ4n) is 2.68. The Morgan fingerprint density at radius 3 is 2.50 bits per heavy atom. The van der Waals surface area contributed by atoms with E-state index in [4.69, 9.17) is 0 Å². The van der Waals surface area contributed by atoms with Crippen molar-refractivity contribution in [1.82, 2.24) is 5.32 Å². The van der Waals surface area contributed by atoms with Crippen LogP contribution in [0.5, 0.6) is 0 Å². The van der Waals surface area contributed by atoms with Crippen molar-refractivity contribution in [3.05, 3.63) is 53.6 Å². The number of hydrogen-bond acceptors (Lipinski definition) is 3. The van der Waals surface area contributed by atoms with Crippen LogP contribution in [-0.2, 0) is 22.8 Å². The van der Waals surface area contributed by atoms with Crippen molar-refractivity contribution in [2.45, 2.75) is 17.9 Å². The average molecular weight is 287 g/mol. The summed E-state index contributed by atoms with van der Waals surface area (Å²) in [5, 5.41) is 3.37. The van der Waals surface area contributed by atoms with E-state index in [9.17, 15) is 8.42 Å². The van der Waals surface area contributed by atoms with E-state index in [0.717, 1.165) is 25.1 Å². The first-order valence-corrected chi connectivity index (χ1v) is 8.57. The van der Waals surface area contributed by atoms with Crippen LogP contribution in [0.4, 0.5) is 0 Å². The van der Waals surface area contributed by atoms with Crippen LogP contribution in [0.25, 0.3) is 11.1 Å². The second kappa shape index (κ2) is 5.04. The molecule has 3 rings (SSSR count). The van der Waals surface area contributed by atoms with Crippen LogP contribution in [0, 0.1) is 0 Å². The van der Waals surface area contributed by atoms with E-state index >= 15 is 0 Å². The van der Waals surface area contributed by atoms with Crippen molar-refractivity contribution in [1.29, 1.82) is 0 Å². The Morgan fingerprint density at radius 1 is 1.05 bits per heavy atom. The SMILES string of the molecule is CS(=O)(=O)c1ccc(-c2cccc3c2CCNC3)cc1. The zero-order valence-electron chi connectivity index (χ0n) is 11.4. The lowest BCUT2D eigenvalue weighted by Crippen LogP contribution is -2.24. The molecule has 0 spiro atoms. The largest absolute Gasteiger partial charge is 0.312 e. The van der Waals surface area contributed by atoms with Gasteiger partial charge in [0.1, 0.15) is 0 Å². The van der Waals surface area contributed by atoms with E-state index in [2.05, 4.69) is 23.5 Å². The van der Waals surface area contributed by atoms with Gasteiger partial charge in [-0.25, -0.2) is 8.42 Å².